The third-order valence-electron chi connectivity index (χ3n) is 2.77. The van der Waals surface area contributed by atoms with Crippen LogP contribution in [0.4, 0.5) is 24.5 Å². The first kappa shape index (κ1) is 15.4. The molecule has 0 fully saturated rings. The average Bonchev–Trinajstić information content (AvgIpc) is 2.53. The predicted octanol–water partition coefficient (Wildman–Crippen LogP) is 3.03. The van der Waals surface area contributed by atoms with Gasteiger partial charge in [-0.1, -0.05) is 0 Å². The summed E-state index contributed by atoms with van der Waals surface area (Å²) in [7, 11) is 0. The fourth-order valence-corrected chi connectivity index (χ4v) is 1.67. The van der Waals surface area contributed by atoms with Crippen molar-refractivity contribution in [3.8, 4) is 6.07 Å². The Morgan fingerprint density at radius 2 is 1.73 bits per heavy atom. The fourth-order valence-electron chi connectivity index (χ4n) is 1.67. The van der Waals surface area contributed by atoms with E-state index in [1.54, 1.807) is 0 Å². The maximum atomic E-state index is 13.4. The van der Waals surface area contributed by atoms with E-state index in [1.165, 1.54) is 24.3 Å². The maximum Gasteiger partial charge on any atom is 0.243 e. The van der Waals surface area contributed by atoms with Crippen molar-refractivity contribution < 1.29 is 18.0 Å². The molecule has 1 amide bonds. The number of nitrogens with one attached hydrogen (secondary N) is 2. The number of carbonyl (C=O) groups excluding carboxylic acids is 1. The van der Waals surface area contributed by atoms with Gasteiger partial charge in [0.2, 0.25) is 5.91 Å². The monoisotopic (exact) mass is 305 g/mol. The van der Waals surface area contributed by atoms with Gasteiger partial charge in [-0.2, -0.15) is 5.26 Å². The van der Waals surface area contributed by atoms with Gasteiger partial charge in [0.1, 0.15) is 0 Å². The number of halogens is 3. The molecule has 0 saturated carbocycles. The first-order chi connectivity index (χ1) is 10.5. The fraction of sp³-hybridized carbons (Fsp3) is 0.0667. The van der Waals surface area contributed by atoms with Crippen LogP contribution in [-0.4, -0.2) is 12.5 Å². The van der Waals surface area contributed by atoms with E-state index in [2.05, 4.69) is 10.6 Å². The van der Waals surface area contributed by atoms with Crippen molar-refractivity contribution in [3.05, 3.63) is 59.4 Å². The first-order valence-electron chi connectivity index (χ1n) is 6.18. The van der Waals surface area contributed by atoms with E-state index in [0.717, 1.165) is 12.1 Å². The number of benzene rings is 2. The Bertz CT molecular complexity index is 739. The molecule has 0 aliphatic rings. The average molecular weight is 305 g/mol. The molecule has 4 nitrogen and oxygen atoms in total. The highest BCUT2D eigenvalue weighted by Gasteiger charge is 2.13. The molecule has 0 aromatic heterocycles. The molecular weight excluding hydrogens is 295 g/mol. The van der Waals surface area contributed by atoms with Gasteiger partial charge in [0.05, 0.1) is 23.9 Å². The van der Waals surface area contributed by atoms with Crippen LogP contribution in [0.5, 0.6) is 0 Å². The SMILES string of the molecule is N#Cc1ccc(NC(=O)CNc2ccc(F)c(F)c2F)cc1. The van der Waals surface area contributed by atoms with Gasteiger partial charge in [0.15, 0.2) is 17.5 Å². The van der Waals surface area contributed by atoms with Crippen molar-refractivity contribution in [3.63, 3.8) is 0 Å². The second-order valence-electron chi connectivity index (χ2n) is 4.31. The summed E-state index contributed by atoms with van der Waals surface area (Å²) < 4.78 is 39.2. The lowest BCUT2D eigenvalue weighted by molar-refractivity contribution is -0.114. The van der Waals surface area contributed by atoms with Crippen LogP contribution < -0.4 is 10.6 Å². The van der Waals surface area contributed by atoms with Gasteiger partial charge < -0.3 is 10.6 Å². The van der Waals surface area contributed by atoms with Crippen molar-refractivity contribution in [2.75, 3.05) is 17.2 Å². The second-order valence-corrected chi connectivity index (χ2v) is 4.31. The van der Waals surface area contributed by atoms with Gasteiger partial charge in [-0.15, -0.1) is 0 Å². The molecule has 0 aliphatic heterocycles. The second kappa shape index (κ2) is 6.63. The number of nitriles is 1. The van der Waals surface area contributed by atoms with Gasteiger partial charge in [-0.3, -0.25) is 4.79 Å². The van der Waals surface area contributed by atoms with Gasteiger partial charge in [-0.05, 0) is 36.4 Å². The lowest BCUT2D eigenvalue weighted by Crippen LogP contribution is -2.22. The molecule has 0 radical (unpaired) electrons. The molecule has 2 N–H and O–H groups in total. The molecule has 22 heavy (non-hydrogen) atoms. The molecule has 0 saturated heterocycles. The van der Waals surface area contributed by atoms with Gasteiger partial charge >= 0.3 is 0 Å². The molecule has 0 heterocycles. The zero-order chi connectivity index (χ0) is 16.1. The Morgan fingerprint density at radius 1 is 1.05 bits per heavy atom. The Hall–Kier alpha value is -3.01. The van der Waals surface area contributed by atoms with E-state index in [1.807, 2.05) is 6.07 Å². The highest BCUT2D eigenvalue weighted by molar-refractivity contribution is 5.93. The van der Waals surface area contributed by atoms with Crippen LogP contribution in [0.15, 0.2) is 36.4 Å². The van der Waals surface area contributed by atoms with Crippen LogP contribution in [0, 0.1) is 28.8 Å². The lowest BCUT2D eigenvalue weighted by atomic mass is 10.2. The normalized spacial score (nSPS) is 9.91. The maximum absolute atomic E-state index is 13.4. The zero-order valence-electron chi connectivity index (χ0n) is 11.2. The van der Waals surface area contributed by atoms with E-state index < -0.39 is 23.4 Å². The van der Waals surface area contributed by atoms with E-state index in [0.29, 0.717) is 11.3 Å². The summed E-state index contributed by atoms with van der Waals surface area (Å²) in [6, 6.07) is 9.83. The summed E-state index contributed by atoms with van der Waals surface area (Å²) in [5.74, 6) is -4.79. The summed E-state index contributed by atoms with van der Waals surface area (Å²) in [5.41, 5.74) is 0.588. The minimum absolute atomic E-state index is 0.311. The zero-order valence-corrected chi connectivity index (χ0v) is 11.2. The molecule has 2 aromatic carbocycles. The Kier molecular flexibility index (Phi) is 4.63. The highest BCUT2D eigenvalue weighted by Crippen LogP contribution is 2.19. The molecule has 112 valence electrons. The quantitative estimate of drug-likeness (QED) is 0.853. The molecule has 2 aromatic rings. The highest BCUT2D eigenvalue weighted by atomic mass is 19.2. The van der Waals surface area contributed by atoms with Crippen molar-refractivity contribution in [1.82, 2.24) is 0 Å². The summed E-state index contributed by atoms with van der Waals surface area (Å²) in [6.45, 7) is -0.331. The Balaban J connectivity index is 1.95. The number of amides is 1. The van der Waals surface area contributed by atoms with Gasteiger partial charge in [0.25, 0.3) is 0 Å². The van der Waals surface area contributed by atoms with E-state index in [9.17, 15) is 18.0 Å². The van der Waals surface area contributed by atoms with Gasteiger partial charge in [0, 0.05) is 5.69 Å². The minimum atomic E-state index is -1.60. The topological polar surface area (TPSA) is 64.9 Å². The van der Waals surface area contributed by atoms with Crippen LogP contribution >= 0.6 is 0 Å². The number of anilines is 2. The third-order valence-corrected chi connectivity index (χ3v) is 2.77. The van der Waals surface area contributed by atoms with Crippen LogP contribution in [0.1, 0.15) is 5.56 Å². The van der Waals surface area contributed by atoms with Crippen molar-refractivity contribution in [2.24, 2.45) is 0 Å². The van der Waals surface area contributed by atoms with Crippen molar-refractivity contribution >= 4 is 17.3 Å². The van der Waals surface area contributed by atoms with E-state index in [4.69, 9.17) is 5.26 Å². The number of carbonyl (C=O) groups is 1. The Morgan fingerprint density at radius 3 is 2.36 bits per heavy atom. The van der Waals surface area contributed by atoms with Crippen molar-refractivity contribution in [1.29, 1.82) is 5.26 Å². The molecule has 0 aliphatic carbocycles. The van der Waals surface area contributed by atoms with Crippen LogP contribution in [-0.2, 0) is 4.79 Å². The first-order valence-corrected chi connectivity index (χ1v) is 6.18. The van der Waals surface area contributed by atoms with E-state index in [-0.39, 0.29) is 12.2 Å². The summed E-state index contributed by atoms with van der Waals surface area (Å²) in [5, 5.41) is 13.5. The van der Waals surface area contributed by atoms with Gasteiger partial charge in [-0.25, -0.2) is 13.2 Å². The predicted molar refractivity (Wildman–Crippen MR) is 74.6 cm³/mol. The number of hydrogen-bond donors (Lipinski definition) is 2. The third kappa shape index (κ3) is 3.55. The Labute approximate surface area is 124 Å². The molecule has 0 bridgehead atoms. The number of hydrogen-bond acceptors (Lipinski definition) is 3. The van der Waals surface area contributed by atoms with Crippen LogP contribution in [0.3, 0.4) is 0 Å². The molecule has 0 unspecified atom stereocenters. The number of nitrogens with zero attached hydrogens (tertiary/aromatic N) is 1. The molecule has 0 spiro atoms. The molecule has 7 heteroatoms. The summed E-state index contributed by atoms with van der Waals surface area (Å²) >= 11 is 0. The summed E-state index contributed by atoms with van der Waals surface area (Å²) in [4.78, 5) is 11.7. The summed E-state index contributed by atoms with van der Waals surface area (Å²) in [6.07, 6.45) is 0. The molecular formula is C15H10F3N3O. The van der Waals surface area contributed by atoms with E-state index >= 15 is 0 Å². The van der Waals surface area contributed by atoms with Crippen LogP contribution in [0.25, 0.3) is 0 Å². The largest absolute Gasteiger partial charge is 0.374 e. The minimum Gasteiger partial charge on any atom is -0.374 e. The lowest BCUT2D eigenvalue weighted by Gasteiger charge is -2.09. The smallest absolute Gasteiger partial charge is 0.243 e. The standard InChI is InChI=1S/C15H10F3N3O/c16-11-5-6-12(15(18)14(11)17)20-8-13(22)21-10-3-1-9(7-19)2-4-10/h1-6,20H,8H2,(H,21,22). The number of rotatable bonds is 4. The molecule has 0 atom stereocenters. The van der Waals surface area contributed by atoms with Crippen LogP contribution in [0.2, 0.25) is 0 Å². The van der Waals surface area contributed by atoms with Crippen molar-refractivity contribution in [2.45, 2.75) is 0 Å². The molecule has 2 rings (SSSR count).